The molecule has 3 aromatic carbocycles. The van der Waals surface area contributed by atoms with E-state index in [1.54, 1.807) is 27.7 Å². The van der Waals surface area contributed by atoms with E-state index in [4.69, 9.17) is 4.98 Å². The maximum Gasteiger partial charge on any atom is 0.266 e. The molecule has 1 aliphatic heterocycles. The fraction of sp³-hybridized carbons (Fsp3) is 0.185. The van der Waals surface area contributed by atoms with Crippen LogP contribution in [0.3, 0.4) is 0 Å². The van der Waals surface area contributed by atoms with Crippen LogP contribution >= 0.6 is 11.8 Å². The molecule has 2 heterocycles. The number of thioether (sulfide) groups is 1. The van der Waals surface area contributed by atoms with Gasteiger partial charge in [0.15, 0.2) is 5.16 Å². The Morgan fingerprint density at radius 3 is 2.57 bits per heavy atom. The molecule has 176 valence electrons. The molecule has 4 aromatic rings. The lowest BCUT2D eigenvalue weighted by Gasteiger charge is -2.17. The molecule has 2 amide bonds. The molecule has 1 N–H and O–H groups in total. The Labute approximate surface area is 206 Å². The van der Waals surface area contributed by atoms with Crippen molar-refractivity contribution in [3.8, 4) is 5.69 Å². The van der Waals surface area contributed by atoms with Gasteiger partial charge in [-0.3, -0.25) is 19.0 Å². The largest absolute Gasteiger partial charge is 0.325 e. The van der Waals surface area contributed by atoms with Crippen molar-refractivity contribution in [1.82, 2.24) is 9.55 Å². The maximum atomic E-state index is 13.3. The van der Waals surface area contributed by atoms with Crippen molar-refractivity contribution in [1.29, 1.82) is 0 Å². The predicted molar refractivity (Wildman–Crippen MR) is 139 cm³/mol. The highest BCUT2D eigenvalue weighted by molar-refractivity contribution is 7.99. The van der Waals surface area contributed by atoms with Crippen molar-refractivity contribution in [2.45, 2.75) is 24.9 Å². The minimum Gasteiger partial charge on any atom is -0.325 e. The van der Waals surface area contributed by atoms with Crippen molar-refractivity contribution in [2.24, 2.45) is 0 Å². The van der Waals surface area contributed by atoms with Gasteiger partial charge in [0.05, 0.1) is 22.3 Å². The third kappa shape index (κ3) is 4.83. The number of benzene rings is 3. The standard InChI is InChI=1S/C27H24N4O3S/c1-18-11-13-20(14-12-18)31-26(34)22-8-2-3-9-23(22)29-27(31)35-17-24(32)28-19-6-4-7-21(16-19)30-15-5-10-25(30)33/h2-4,6-9,11-14,16H,5,10,15,17H2,1H3,(H,28,32). The molecular weight excluding hydrogens is 460 g/mol. The number of aromatic nitrogens is 2. The maximum absolute atomic E-state index is 13.3. The monoisotopic (exact) mass is 484 g/mol. The summed E-state index contributed by atoms with van der Waals surface area (Å²) in [5.74, 6) is -0.0537. The summed E-state index contributed by atoms with van der Waals surface area (Å²) in [6, 6.07) is 22.1. The SMILES string of the molecule is Cc1ccc(-n2c(SCC(=O)Nc3cccc(N4CCCC4=O)c3)nc3ccccc3c2=O)cc1. The quantitative estimate of drug-likeness (QED) is 0.321. The van der Waals surface area contributed by atoms with E-state index in [0.717, 1.165) is 17.7 Å². The second-order valence-corrected chi connectivity index (χ2v) is 9.37. The summed E-state index contributed by atoms with van der Waals surface area (Å²) >= 11 is 1.21. The van der Waals surface area contributed by atoms with E-state index in [0.29, 0.717) is 40.4 Å². The van der Waals surface area contributed by atoms with Gasteiger partial charge in [-0.1, -0.05) is 47.7 Å². The molecule has 35 heavy (non-hydrogen) atoms. The number of carbonyl (C=O) groups excluding carboxylic acids is 2. The van der Waals surface area contributed by atoms with Gasteiger partial charge in [0.2, 0.25) is 11.8 Å². The Morgan fingerprint density at radius 1 is 1.00 bits per heavy atom. The first kappa shape index (κ1) is 22.9. The third-order valence-corrected chi connectivity index (χ3v) is 6.82. The molecule has 0 radical (unpaired) electrons. The van der Waals surface area contributed by atoms with Crippen LogP contribution in [0.25, 0.3) is 16.6 Å². The lowest BCUT2D eigenvalue weighted by atomic mass is 10.2. The first-order chi connectivity index (χ1) is 17.0. The highest BCUT2D eigenvalue weighted by Gasteiger charge is 2.22. The number of carbonyl (C=O) groups is 2. The first-order valence-corrected chi connectivity index (χ1v) is 12.4. The molecule has 0 unspecified atom stereocenters. The summed E-state index contributed by atoms with van der Waals surface area (Å²) in [5, 5.41) is 3.87. The van der Waals surface area contributed by atoms with Crippen molar-refractivity contribution >= 4 is 45.9 Å². The van der Waals surface area contributed by atoms with Gasteiger partial charge in [0, 0.05) is 24.3 Å². The van der Waals surface area contributed by atoms with Gasteiger partial charge >= 0.3 is 0 Å². The number of fused-ring (bicyclic) bond motifs is 1. The molecular formula is C27H24N4O3S. The number of hydrogen-bond donors (Lipinski definition) is 1. The molecule has 5 rings (SSSR count). The van der Waals surface area contributed by atoms with Gasteiger partial charge in [0.1, 0.15) is 0 Å². The molecule has 1 saturated heterocycles. The summed E-state index contributed by atoms with van der Waals surface area (Å²) in [6.45, 7) is 2.68. The third-order valence-electron chi connectivity index (χ3n) is 5.88. The van der Waals surface area contributed by atoms with Gasteiger partial charge < -0.3 is 10.2 Å². The second kappa shape index (κ2) is 9.76. The number of nitrogens with one attached hydrogen (secondary N) is 1. The van der Waals surface area contributed by atoms with Gasteiger partial charge in [-0.05, 0) is 55.8 Å². The number of nitrogens with zero attached hydrogens (tertiary/aromatic N) is 3. The van der Waals surface area contributed by atoms with Gasteiger partial charge in [-0.2, -0.15) is 0 Å². The number of para-hydroxylation sites is 1. The second-order valence-electron chi connectivity index (χ2n) is 8.42. The zero-order valence-corrected chi connectivity index (χ0v) is 20.0. The van der Waals surface area contributed by atoms with Crippen LogP contribution in [0.4, 0.5) is 11.4 Å². The molecule has 1 aliphatic rings. The van der Waals surface area contributed by atoms with Crippen LogP contribution in [0.15, 0.2) is 82.7 Å². The molecule has 1 aromatic heterocycles. The van der Waals surface area contributed by atoms with E-state index in [2.05, 4.69) is 5.32 Å². The Kier molecular flexibility index (Phi) is 6.37. The predicted octanol–water partition coefficient (Wildman–Crippen LogP) is 4.55. The molecule has 0 atom stereocenters. The minimum atomic E-state index is -0.224. The lowest BCUT2D eigenvalue weighted by molar-refractivity contribution is -0.117. The molecule has 0 aliphatic carbocycles. The van der Waals surface area contributed by atoms with E-state index in [1.807, 2.05) is 61.5 Å². The fourth-order valence-corrected chi connectivity index (χ4v) is 4.94. The molecule has 8 heteroatoms. The van der Waals surface area contributed by atoms with Crippen LogP contribution in [-0.2, 0) is 9.59 Å². The van der Waals surface area contributed by atoms with E-state index >= 15 is 0 Å². The van der Waals surface area contributed by atoms with Crippen LogP contribution in [0.1, 0.15) is 18.4 Å². The summed E-state index contributed by atoms with van der Waals surface area (Å²) < 4.78 is 1.55. The summed E-state index contributed by atoms with van der Waals surface area (Å²) in [7, 11) is 0. The van der Waals surface area contributed by atoms with Crippen LogP contribution < -0.4 is 15.8 Å². The molecule has 0 spiro atoms. The number of aryl methyl sites for hydroxylation is 1. The lowest BCUT2D eigenvalue weighted by Crippen LogP contribution is -2.24. The highest BCUT2D eigenvalue weighted by Crippen LogP contribution is 2.25. The Balaban J connectivity index is 1.38. The van der Waals surface area contributed by atoms with Gasteiger partial charge in [-0.15, -0.1) is 0 Å². The van der Waals surface area contributed by atoms with Crippen molar-refractivity contribution in [3.05, 3.63) is 88.7 Å². The van der Waals surface area contributed by atoms with Crippen molar-refractivity contribution < 1.29 is 9.59 Å². The number of anilines is 2. The normalized spacial score (nSPS) is 13.4. The summed E-state index contributed by atoms with van der Waals surface area (Å²) in [6.07, 6.45) is 1.39. The first-order valence-electron chi connectivity index (χ1n) is 11.4. The average Bonchev–Trinajstić information content (AvgIpc) is 3.30. The van der Waals surface area contributed by atoms with Crippen LogP contribution in [0.2, 0.25) is 0 Å². The van der Waals surface area contributed by atoms with E-state index in [-0.39, 0.29) is 23.1 Å². The van der Waals surface area contributed by atoms with Gasteiger partial charge in [0.25, 0.3) is 5.56 Å². The molecule has 7 nitrogen and oxygen atoms in total. The van der Waals surface area contributed by atoms with E-state index in [9.17, 15) is 14.4 Å². The topological polar surface area (TPSA) is 84.3 Å². The van der Waals surface area contributed by atoms with Gasteiger partial charge in [-0.25, -0.2) is 4.98 Å². The Bertz CT molecular complexity index is 1480. The van der Waals surface area contributed by atoms with E-state index in [1.165, 1.54) is 11.8 Å². The highest BCUT2D eigenvalue weighted by atomic mass is 32.2. The number of rotatable bonds is 6. The molecule has 1 fully saturated rings. The van der Waals surface area contributed by atoms with E-state index < -0.39 is 0 Å². The smallest absolute Gasteiger partial charge is 0.266 e. The van der Waals surface area contributed by atoms with Crippen LogP contribution in [0.5, 0.6) is 0 Å². The van der Waals surface area contributed by atoms with Crippen LogP contribution in [-0.4, -0.2) is 33.7 Å². The molecule has 0 bridgehead atoms. The average molecular weight is 485 g/mol. The van der Waals surface area contributed by atoms with Crippen molar-refractivity contribution in [2.75, 3.05) is 22.5 Å². The zero-order chi connectivity index (χ0) is 24.4. The zero-order valence-electron chi connectivity index (χ0n) is 19.2. The van der Waals surface area contributed by atoms with Crippen molar-refractivity contribution in [3.63, 3.8) is 0 Å². The number of hydrogen-bond acceptors (Lipinski definition) is 5. The Morgan fingerprint density at radius 2 is 1.80 bits per heavy atom. The van der Waals surface area contributed by atoms with Crippen LogP contribution in [0, 0.1) is 6.92 Å². The minimum absolute atomic E-state index is 0.0729. The Hall–Kier alpha value is -3.91. The fourth-order valence-electron chi connectivity index (χ4n) is 4.13. The number of amides is 2. The molecule has 0 saturated carbocycles. The summed E-state index contributed by atoms with van der Waals surface area (Å²) in [5.41, 5.74) is 3.60. The summed E-state index contributed by atoms with van der Waals surface area (Å²) in [4.78, 5) is 44.6.